The number of aliphatic hydroxyl groups excluding tert-OH is 1. The lowest BCUT2D eigenvalue weighted by Crippen LogP contribution is -2.55. The Bertz CT molecular complexity index is 940. The lowest BCUT2D eigenvalue weighted by Gasteiger charge is -2.35. The van der Waals surface area contributed by atoms with Crippen molar-refractivity contribution in [3.63, 3.8) is 0 Å². The number of aliphatic hydroxyl groups is 1. The average Bonchev–Trinajstić information content (AvgIpc) is 2.77. The van der Waals surface area contributed by atoms with Crippen molar-refractivity contribution in [2.75, 3.05) is 26.3 Å². The van der Waals surface area contributed by atoms with E-state index in [1.807, 2.05) is 26.0 Å². The molecule has 0 bridgehead atoms. The molecule has 0 heterocycles. The van der Waals surface area contributed by atoms with Gasteiger partial charge in [0.15, 0.2) is 0 Å². The molecule has 1 aromatic carbocycles. The van der Waals surface area contributed by atoms with Crippen LogP contribution in [0.3, 0.4) is 0 Å². The van der Waals surface area contributed by atoms with Crippen LogP contribution in [0.4, 0.5) is 4.79 Å². The Kier molecular flexibility index (Phi) is 12.6. The normalized spacial score (nSPS) is 12.9. The maximum atomic E-state index is 13.8. The van der Waals surface area contributed by atoms with Gasteiger partial charge >= 0.3 is 12.1 Å². The summed E-state index contributed by atoms with van der Waals surface area (Å²) in [6, 6.07) is 3.30. The van der Waals surface area contributed by atoms with Crippen LogP contribution in [0.15, 0.2) is 18.2 Å². The fourth-order valence-corrected chi connectivity index (χ4v) is 3.63. The molecule has 0 aliphatic carbocycles. The van der Waals surface area contributed by atoms with Crippen molar-refractivity contribution in [3.8, 4) is 0 Å². The number of nitrogens with one attached hydrogen (secondary N) is 2. The summed E-state index contributed by atoms with van der Waals surface area (Å²) >= 11 is 0. The number of rotatable bonds is 12. The predicted octanol–water partition coefficient (Wildman–Crippen LogP) is 2.78. The van der Waals surface area contributed by atoms with Gasteiger partial charge in [-0.1, -0.05) is 32.0 Å². The van der Waals surface area contributed by atoms with Crippen LogP contribution in [0.25, 0.3) is 0 Å². The highest BCUT2D eigenvalue weighted by atomic mass is 16.6. The van der Waals surface area contributed by atoms with Crippen LogP contribution in [0, 0.1) is 19.8 Å². The fourth-order valence-electron chi connectivity index (χ4n) is 3.63. The second kappa shape index (κ2) is 14.6. The summed E-state index contributed by atoms with van der Waals surface area (Å²) in [4.78, 5) is 52.7. The van der Waals surface area contributed by atoms with Crippen molar-refractivity contribution in [1.82, 2.24) is 15.5 Å². The van der Waals surface area contributed by atoms with E-state index in [9.17, 15) is 24.3 Å². The van der Waals surface area contributed by atoms with Gasteiger partial charge in [-0.15, -0.1) is 0 Å². The van der Waals surface area contributed by atoms with E-state index < -0.39 is 48.2 Å². The number of esters is 1. The molecule has 0 spiro atoms. The van der Waals surface area contributed by atoms with E-state index in [1.165, 1.54) is 4.90 Å². The third-order valence-electron chi connectivity index (χ3n) is 5.57. The highest BCUT2D eigenvalue weighted by Gasteiger charge is 2.37. The molecule has 0 aliphatic heterocycles. The first-order valence-corrected chi connectivity index (χ1v) is 12.6. The van der Waals surface area contributed by atoms with Crippen LogP contribution < -0.4 is 10.6 Å². The molecule has 1 aromatic rings. The first kappa shape index (κ1) is 31.9. The molecule has 3 amide bonds. The summed E-state index contributed by atoms with van der Waals surface area (Å²) in [6.45, 7) is 13.9. The van der Waals surface area contributed by atoms with E-state index in [1.54, 1.807) is 47.6 Å². The first-order chi connectivity index (χ1) is 17.2. The molecule has 10 nitrogen and oxygen atoms in total. The average molecular weight is 522 g/mol. The monoisotopic (exact) mass is 521 g/mol. The van der Waals surface area contributed by atoms with Crippen LogP contribution in [0.1, 0.15) is 70.7 Å². The number of carbonyl (C=O) groups is 4. The quantitative estimate of drug-likeness (QED) is 0.360. The number of aryl methyl sites for hydroxylation is 2. The van der Waals surface area contributed by atoms with E-state index >= 15 is 0 Å². The lowest BCUT2D eigenvalue weighted by atomic mass is 9.96. The minimum absolute atomic E-state index is 0.0178. The molecule has 3 N–H and O–H groups in total. The largest absolute Gasteiger partial charge is 0.466 e. The number of ether oxygens (including phenoxy) is 2. The zero-order valence-electron chi connectivity index (χ0n) is 23.3. The molecule has 0 saturated carbocycles. The molecule has 2 atom stereocenters. The van der Waals surface area contributed by atoms with E-state index in [2.05, 4.69) is 10.6 Å². The Labute approximate surface area is 220 Å². The Balaban J connectivity index is 3.37. The summed E-state index contributed by atoms with van der Waals surface area (Å²) < 4.78 is 10.2. The molecule has 0 aromatic heterocycles. The van der Waals surface area contributed by atoms with Crippen molar-refractivity contribution >= 4 is 23.9 Å². The topological polar surface area (TPSA) is 134 Å². The molecule has 2 unspecified atom stereocenters. The van der Waals surface area contributed by atoms with Crippen LogP contribution in [-0.2, 0) is 23.9 Å². The van der Waals surface area contributed by atoms with E-state index in [0.29, 0.717) is 5.56 Å². The minimum Gasteiger partial charge on any atom is -0.466 e. The number of alkyl carbamates (subject to hydrolysis) is 1. The molecule has 1 rings (SSSR count). The first-order valence-electron chi connectivity index (χ1n) is 12.6. The van der Waals surface area contributed by atoms with Gasteiger partial charge in [0, 0.05) is 13.1 Å². The molecule has 0 fully saturated rings. The highest BCUT2D eigenvalue weighted by Crippen LogP contribution is 2.25. The maximum Gasteiger partial charge on any atom is 0.408 e. The van der Waals surface area contributed by atoms with Crippen LogP contribution in [0.2, 0.25) is 0 Å². The van der Waals surface area contributed by atoms with Gasteiger partial charge in [0.05, 0.1) is 19.6 Å². The molecule has 0 aliphatic rings. The summed E-state index contributed by atoms with van der Waals surface area (Å²) in [5.74, 6) is -1.85. The predicted molar refractivity (Wildman–Crippen MR) is 140 cm³/mol. The summed E-state index contributed by atoms with van der Waals surface area (Å²) in [5, 5.41) is 15.2. The Morgan fingerprint density at radius 3 is 2.24 bits per heavy atom. The number of benzene rings is 1. The van der Waals surface area contributed by atoms with Gasteiger partial charge < -0.3 is 30.1 Å². The molecule has 10 heteroatoms. The van der Waals surface area contributed by atoms with Gasteiger partial charge in [0.25, 0.3) is 0 Å². The van der Waals surface area contributed by atoms with Crippen molar-refractivity contribution in [3.05, 3.63) is 34.9 Å². The smallest absolute Gasteiger partial charge is 0.408 e. The fraction of sp³-hybridized carbons (Fsp3) is 0.630. The number of hydrogen-bond acceptors (Lipinski definition) is 7. The number of amides is 3. The number of carbonyl (C=O) groups excluding carboxylic acids is 4. The molecule has 208 valence electrons. The molecule has 0 radical (unpaired) electrons. The zero-order chi connectivity index (χ0) is 28.3. The molecule has 0 saturated heterocycles. The van der Waals surface area contributed by atoms with Gasteiger partial charge in [-0.05, 0) is 64.2 Å². The van der Waals surface area contributed by atoms with Crippen LogP contribution in [-0.4, -0.2) is 71.8 Å². The van der Waals surface area contributed by atoms with Crippen molar-refractivity contribution in [2.45, 2.75) is 79.5 Å². The third-order valence-corrected chi connectivity index (χ3v) is 5.57. The highest BCUT2D eigenvalue weighted by molar-refractivity contribution is 5.92. The Morgan fingerprint density at radius 1 is 1.08 bits per heavy atom. The standard InChI is InChI=1S/C27H43N3O7/c1-9-36-21(32)12-13-28-24(33)23(20-11-10-18(4)19(5)16-20)30(14-15-31)25(34)22(17(2)3)29-26(35)37-27(6,7)8/h10-11,16-17,22-23,31H,9,12-15H2,1-8H3,(H,28,33)(H,29,35). The van der Waals surface area contributed by atoms with E-state index in [4.69, 9.17) is 9.47 Å². The Morgan fingerprint density at radius 2 is 1.73 bits per heavy atom. The van der Waals surface area contributed by atoms with Crippen molar-refractivity contribution < 1.29 is 33.8 Å². The van der Waals surface area contributed by atoms with Gasteiger partial charge in [0.2, 0.25) is 11.8 Å². The molecule has 37 heavy (non-hydrogen) atoms. The SMILES string of the molecule is CCOC(=O)CCNC(=O)C(c1ccc(C)c(C)c1)N(CCO)C(=O)C(NC(=O)OC(C)(C)C)C(C)C. The zero-order valence-corrected chi connectivity index (χ0v) is 23.3. The van der Waals surface area contributed by atoms with Gasteiger partial charge in [-0.2, -0.15) is 0 Å². The Hall–Kier alpha value is -3.14. The molecular formula is C27H43N3O7. The minimum atomic E-state index is -1.11. The van der Waals surface area contributed by atoms with Crippen LogP contribution in [0.5, 0.6) is 0 Å². The van der Waals surface area contributed by atoms with E-state index in [-0.39, 0.29) is 32.0 Å². The van der Waals surface area contributed by atoms with Crippen molar-refractivity contribution in [2.24, 2.45) is 5.92 Å². The second-order valence-corrected chi connectivity index (χ2v) is 10.2. The van der Waals surface area contributed by atoms with Gasteiger partial charge in [-0.25, -0.2) is 4.79 Å². The molecular weight excluding hydrogens is 478 g/mol. The maximum absolute atomic E-state index is 13.8. The number of nitrogens with zero attached hydrogens (tertiary/aromatic N) is 1. The third kappa shape index (κ3) is 10.4. The van der Waals surface area contributed by atoms with Gasteiger partial charge in [-0.3, -0.25) is 14.4 Å². The van der Waals surface area contributed by atoms with Crippen LogP contribution >= 0.6 is 0 Å². The summed E-state index contributed by atoms with van der Waals surface area (Å²) in [5.41, 5.74) is 1.71. The summed E-state index contributed by atoms with van der Waals surface area (Å²) in [6.07, 6.45) is -0.785. The van der Waals surface area contributed by atoms with E-state index in [0.717, 1.165) is 11.1 Å². The number of hydrogen-bond donors (Lipinski definition) is 3. The lowest BCUT2D eigenvalue weighted by molar-refractivity contribution is -0.145. The van der Waals surface area contributed by atoms with Gasteiger partial charge in [0.1, 0.15) is 17.7 Å². The second-order valence-electron chi connectivity index (χ2n) is 10.2. The van der Waals surface area contributed by atoms with Crippen molar-refractivity contribution in [1.29, 1.82) is 0 Å². The summed E-state index contributed by atoms with van der Waals surface area (Å²) in [7, 11) is 0.